The second-order valence-electron chi connectivity index (χ2n) is 5.08. The van der Waals surface area contributed by atoms with Crippen molar-refractivity contribution in [2.45, 2.75) is 39.2 Å². The molecule has 1 amide bonds. The van der Waals surface area contributed by atoms with Crippen molar-refractivity contribution >= 4 is 17.5 Å². The number of hydrogen-bond acceptors (Lipinski definition) is 5. The molecule has 0 saturated carbocycles. The standard InChI is InChI=1S/C14H23N5O/c1-4-7-15-12-9-13(18-11(5-2)17-12)16-10-6-8-19(3)14(10)20/h9-10H,4-8H2,1-3H3,(H2,15,16,17,18). The Bertz CT molecular complexity index is 477. The largest absolute Gasteiger partial charge is 0.370 e. The maximum absolute atomic E-state index is 11.9. The van der Waals surface area contributed by atoms with E-state index >= 15 is 0 Å². The highest BCUT2D eigenvalue weighted by atomic mass is 16.2. The minimum atomic E-state index is -0.168. The minimum Gasteiger partial charge on any atom is -0.370 e. The zero-order valence-electron chi connectivity index (χ0n) is 12.4. The number of aromatic nitrogens is 2. The Hall–Kier alpha value is -1.85. The number of likely N-dealkylation sites (N-methyl/N-ethyl adjacent to an activating group) is 1. The van der Waals surface area contributed by atoms with Crippen molar-refractivity contribution in [1.82, 2.24) is 14.9 Å². The molecule has 2 heterocycles. The molecule has 0 bridgehead atoms. The number of hydrogen-bond donors (Lipinski definition) is 2. The van der Waals surface area contributed by atoms with E-state index in [-0.39, 0.29) is 11.9 Å². The zero-order valence-corrected chi connectivity index (χ0v) is 12.4. The fourth-order valence-corrected chi connectivity index (χ4v) is 2.21. The van der Waals surface area contributed by atoms with Gasteiger partial charge >= 0.3 is 0 Å². The molecule has 1 saturated heterocycles. The molecule has 2 N–H and O–H groups in total. The van der Waals surface area contributed by atoms with Gasteiger partial charge in [-0.25, -0.2) is 9.97 Å². The van der Waals surface area contributed by atoms with E-state index in [1.54, 1.807) is 4.90 Å². The summed E-state index contributed by atoms with van der Waals surface area (Å²) >= 11 is 0. The van der Waals surface area contributed by atoms with E-state index in [4.69, 9.17) is 0 Å². The molecule has 1 atom stereocenters. The second kappa shape index (κ2) is 6.54. The molecule has 0 spiro atoms. The molecule has 0 aromatic carbocycles. The van der Waals surface area contributed by atoms with Crippen molar-refractivity contribution < 1.29 is 4.79 Å². The maximum atomic E-state index is 11.9. The van der Waals surface area contributed by atoms with Crippen LogP contribution in [0.1, 0.15) is 32.5 Å². The highest BCUT2D eigenvalue weighted by Crippen LogP contribution is 2.17. The first-order valence-corrected chi connectivity index (χ1v) is 7.27. The number of likely N-dealkylation sites (tertiary alicyclic amines) is 1. The van der Waals surface area contributed by atoms with Gasteiger partial charge in [0, 0.05) is 32.6 Å². The van der Waals surface area contributed by atoms with Crippen LogP contribution in [-0.2, 0) is 11.2 Å². The van der Waals surface area contributed by atoms with Crippen molar-refractivity contribution in [2.75, 3.05) is 30.8 Å². The number of nitrogens with one attached hydrogen (secondary N) is 2. The summed E-state index contributed by atoms with van der Waals surface area (Å²) in [6.45, 7) is 5.81. The van der Waals surface area contributed by atoms with Gasteiger partial charge in [-0.05, 0) is 12.8 Å². The van der Waals surface area contributed by atoms with Crippen LogP contribution in [0.15, 0.2) is 6.07 Å². The summed E-state index contributed by atoms with van der Waals surface area (Å²) < 4.78 is 0. The Morgan fingerprint density at radius 1 is 1.35 bits per heavy atom. The Balaban J connectivity index is 2.12. The average Bonchev–Trinajstić information content (AvgIpc) is 2.77. The van der Waals surface area contributed by atoms with Crippen LogP contribution in [0.3, 0.4) is 0 Å². The third kappa shape index (κ3) is 3.37. The van der Waals surface area contributed by atoms with Crippen LogP contribution in [-0.4, -0.2) is 47.0 Å². The van der Waals surface area contributed by atoms with Gasteiger partial charge in [0.05, 0.1) is 0 Å². The lowest BCUT2D eigenvalue weighted by atomic mass is 10.2. The van der Waals surface area contributed by atoms with E-state index in [1.165, 1.54) is 0 Å². The van der Waals surface area contributed by atoms with Gasteiger partial charge in [-0.15, -0.1) is 0 Å². The van der Waals surface area contributed by atoms with Crippen LogP contribution < -0.4 is 10.6 Å². The van der Waals surface area contributed by atoms with Crippen LogP contribution in [0.25, 0.3) is 0 Å². The summed E-state index contributed by atoms with van der Waals surface area (Å²) in [7, 11) is 1.83. The van der Waals surface area contributed by atoms with Gasteiger partial charge in [0.25, 0.3) is 0 Å². The first-order valence-electron chi connectivity index (χ1n) is 7.27. The number of carbonyl (C=O) groups excluding carboxylic acids is 1. The van der Waals surface area contributed by atoms with E-state index < -0.39 is 0 Å². The number of aryl methyl sites for hydroxylation is 1. The third-order valence-electron chi connectivity index (χ3n) is 3.39. The van der Waals surface area contributed by atoms with Crippen molar-refractivity contribution in [3.8, 4) is 0 Å². The molecule has 110 valence electrons. The Morgan fingerprint density at radius 2 is 2.10 bits per heavy atom. The van der Waals surface area contributed by atoms with Crippen LogP contribution in [0.4, 0.5) is 11.6 Å². The highest BCUT2D eigenvalue weighted by Gasteiger charge is 2.29. The molecule has 1 aliphatic heterocycles. The molecule has 6 nitrogen and oxygen atoms in total. The summed E-state index contributed by atoms with van der Waals surface area (Å²) in [4.78, 5) is 22.6. The number of nitrogens with zero attached hydrogens (tertiary/aromatic N) is 3. The molecule has 20 heavy (non-hydrogen) atoms. The number of rotatable bonds is 6. The fourth-order valence-electron chi connectivity index (χ4n) is 2.21. The van der Waals surface area contributed by atoms with Gasteiger partial charge in [0.15, 0.2) is 0 Å². The van der Waals surface area contributed by atoms with Gasteiger partial charge in [-0.3, -0.25) is 4.79 Å². The van der Waals surface area contributed by atoms with Gasteiger partial charge < -0.3 is 15.5 Å². The Morgan fingerprint density at radius 3 is 2.70 bits per heavy atom. The molecule has 1 fully saturated rings. The van der Waals surface area contributed by atoms with Gasteiger partial charge in [0.2, 0.25) is 5.91 Å². The SMILES string of the molecule is CCCNc1cc(NC2CCN(C)C2=O)nc(CC)n1. The van der Waals surface area contributed by atoms with Crippen molar-refractivity contribution in [3.05, 3.63) is 11.9 Å². The topological polar surface area (TPSA) is 70.2 Å². The summed E-state index contributed by atoms with van der Waals surface area (Å²) in [6.07, 6.45) is 2.63. The normalized spacial score (nSPS) is 18.4. The molecule has 0 radical (unpaired) electrons. The summed E-state index contributed by atoms with van der Waals surface area (Å²) in [5, 5.41) is 6.50. The molecule has 1 aliphatic rings. The van der Waals surface area contributed by atoms with Crippen LogP contribution >= 0.6 is 0 Å². The quantitative estimate of drug-likeness (QED) is 0.824. The van der Waals surface area contributed by atoms with E-state index in [0.29, 0.717) is 0 Å². The van der Waals surface area contributed by atoms with Crippen LogP contribution in [0.2, 0.25) is 0 Å². The van der Waals surface area contributed by atoms with Crippen molar-refractivity contribution in [2.24, 2.45) is 0 Å². The Kier molecular flexibility index (Phi) is 4.76. The molecule has 1 unspecified atom stereocenters. The molecule has 1 aromatic rings. The van der Waals surface area contributed by atoms with Crippen LogP contribution in [0.5, 0.6) is 0 Å². The highest BCUT2D eigenvalue weighted by molar-refractivity contribution is 5.86. The number of carbonyl (C=O) groups is 1. The van der Waals surface area contributed by atoms with E-state index in [0.717, 1.165) is 49.8 Å². The number of anilines is 2. The molecule has 6 heteroatoms. The van der Waals surface area contributed by atoms with E-state index in [2.05, 4.69) is 27.5 Å². The maximum Gasteiger partial charge on any atom is 0.244 e. The zero-order chi connectivity index (χ0) is 14.5. The lowest BCUT2D eigenvalue weighted by Gasteiger charge is -2.14. The summed E-state index contributed by atoms with van der Waals surface area (Å²) in [5.41, 5.74) is 0. The molecular formula is C14H23N5O. The Labute approximate surface area is 120 Å². The predicted molar refractivity (Wildman–Crippen MR) is 79.9 cm³/mol. The molecule has 1 aromatic heterocycles. The van der Waals surface area contributed by atoms with Gasteiger partial charge in [-0.2, -0.15) is 0 Å². The first kappa shape index (κ1) is 14.6. The van der Waals surface area contributed by atoms with Crippen molar-refractivity contribution in [1.29, 1.82) is 0 Å². The third-order valence-corrected chi connectivity index (χ3v) is 3.39. The minimum absolute atomic E-state index is 0.129. The number of amides is 1. The van der Waals surface area contributed by atoms with Gasteiger partial charge in [0.1, 0.15) is 23.5 Å². The first-order chi connectivity index (χ1) is 9.63. The lowest BCUT2D eigenvalue weighted by molar-refractivity contribution is -0.127. The smallest absolute Gasteiger partial charge is 0.244 e. The lowest BCUT2D eigenvalue weighted by Crippen LogP contribution is -2.31. The predicted octanol–water partition coefficient (Wildman–Crippen LogP) is 1.50. The second-order valence-corrected chi connectivity index (χ2v) is 5.08. The van der Waals surface area contributed by atoms with E-state index in [9.17, 15) is 4.79 Å². The van der Waals surface area contributed by atoms with Gasteiger partial charge in [-0.1, -0.05) is 13.8 Å². The molecule has 0 aliphatic carbocycles. The summed E-state index contributed by atoms with van der Waals surface area (Å²) in [5.74, 6) is 2.46. The monoisotopic (exact) mass is 277 g/mol. The van der Waals surface area contributed by atoms with E-state index in [1.807, 2.05) is 20.0 Å². The molecule has 2 rings (SSSR count). The average molecular weight is 277 g/mol. The van der Waals surface area contributed by atoms with Crippen molar-refractivity contribution in [3.63, 3.8) is 0 Å². The fraction of sp³-hybridized carbons (Fsp3) is 0.643. The summed E-state index contributed by atoms with van der Waals surface area (Å²) in [6, 6.07) is 1.71. The molecular weight excluding hydrogens is 254 g/mol. The van der Waals surface area contributed by atoms with Crippen LogP contribution in [0, 0.1) is 0 Å².